The molecule has 180 valence electrons. The Morgan fingerprint density at radius 2 is 1.35 bits per heavy atom. The van der Waals surface area contributed by atoms with E-state index in [1.54, 1.807) is 0 Å². The summed E-state index contributed by atoms with van der Waals surface area (Å²) in [6, 6.07) is 31.5. The highest BCUT2D eigenvalue weighted by Gasteiger charge is 2.52. The molecule has 5 heteroatoms. The van der Waals surface area contributed by atoms with Gasteiger partial charge in [-0.25, -0.2) is 0 Å². The van der Waals surface area contributed by atoms with Crippen molar-refractivity contribution in [2.45, 2.75) is 57.1 Å². The maximum Gasteiger partial charge on any atom is 0.261 e. The number of ether oxygens (including phenoxy) is 2. The third-order valence-corrected chi connectivity index (χ3v) is 11.6. The molecule has 1 saturated heterocycles. The van der Waals surface area contributed by atoms with Gasteiger partial charge in [0.25, 0.3) is 8.32 Å². The van der Waals surface area contributed by atoms with Crippen molar-refractivity contribution in [1.29, 1.82) is 0 Å². The number of epoxide rings is 1. The summed E-state index contributed by atoms with van der Waals surface area (Å²) in [6.45, 7) is 7.90. The number of aliphatic hydroxyl groups is 1. The number of hydrogen-bond donors (Lipinski definition) is 1. The molecule has 1 heterocycles. The smallest absolute Gasteiger partial charge is 0.261 e. The van der Waals surface area contributed by atoms with Gasteiger partial charge < -0.3 is 19.0 Å². The number of rotatable bonds is 11. The van der Waals surface area contributed by atoms with E-state index in [0.717, 1.165) is 5.56 Å². The van der Waals surface area contributed by atoms with Crippen LogP contribution in [-0.2, 0) is 20.5 Å². The summed E-state index contributed by atoms with van der Waals surface area (Å²) >= 11 is 0. The Morgan fingerprint density at radius 3 is 1.82 bits per heavy atom. The molecule has 0 unspecified atom stereocenters. The van der Waals surface area contributed by atoms with Crippen LogP contribution in [0.2, 0.25) is 5.04 Å². The zero-order valence-corrected chi connectivity index (χ0v) is 21.4. The first-order valence-corrected chi connectivity index (χ1v) is 14.0. The molecule has 1 aliphatic rings. The average Bonchev–Trinajstić information content (AvgIpc) is 3.61. The SMILES string of the molecule is CC(C)(C)[Si](O[C@H](COCc1ccccc1)C[C@H]1O[C@@H]1CO)(c1ccccc1)c1ccccc1. The van der Waals surface area contributed by atoms with Gasteiger partial charge >= 0.3 is 0 Å². The summed E-state index contributed by atoms with van der Waals surface area (Å²) in [7, 11) is -2.71. The molecule has 1 N–H and O–H groups in total. The Bertz CT molecular complexity index is 965. The van der Waals surface area contributed by atoms with Gasteiger partial charge in [-0.05, 0) is 21.0 Å². The predicted molar refractivity (Wildman–Crippen MR) is 139 cm³/mol. The minimum absolute atomic E-state index is 0.00791. The minimum Gasteiger partial charge on any atom is -0.402 e. The van der Waals surface area contributed by atoms with Gasteiger partial charge in [0, 0.05) is 6.42 Å². The fourth-order valence-corrected chi connectivity index (χ4v) is 9.46. The van der Waals surface area contributed by atoms with Crippen molar-refractivity contribution in [2.75, 3.05) is 13.2 Å². The van der Waals surface area contributed by atoms with Crippen molar-refractivity contribution in [3.8, 4) is 0 Å². The molecule has 3 atom stereocenters. The molecule has 4 rings (SSSR count). The van der Waals surface area contributed by atoms with E-state index in [2.05, 4.69) is 93.6 Å². The number of aliphatic hydroxyl groups excluding tert-OH is 1. The first-order chi connectivity index (χ1) is 16.4. The zero-order valence-electron chi connectivity index (χ0n) is 20.4. The number of benzene rings is 3. The summed E-state index contributed by atoms with van der Waals surface area (Å²) in [5, 5.41) is 11.9. The molecule has 3 aromatic carbocycles. The van der Waals surface area contributed by atoms with E-state index in [9.17, 15) is 5.11 Å². The van der Waals surface area contributed by atoms with Gasteiger partial charge in [0.05, 0.1) is 32.0 Å². The molecule has 1 fully saturated rings. The molecular formula is C29H36O4Si. The van der Waals surface area contributed by atoms with E-state index in [1.165, 1.54) is 10.4 Å². The molecule has 0 radical (unpaired) electrons. The van der Waals surface area contributed by atoms with Gasteiger partial charge in [0.15, 0.2) is 0 Å². The summed E-state index contributed by atoms with van der Waals surface area (Å²) in [6.07, 6.45) is 0.453. The summed E-state index contributed by atoms with van der Waals surface area (Å²) in [4.78, 5) is 0. The van der Waals surface area contributed by atoms with Crippen LogP contribution in [0, 0.1) is 0 Å². The van der Waals surface area contributed by atoms with E-state index in [1.807, 2.05) is 18.2 Å². The highest BCUT2D eigenvalue weighted by Crippen LogP contribution is 2.39. The lowest BCUT2D eigenvalue weighted by molar-refractivity contribution is 0.0291. The molecule has 34 heavy (non-hydrogen) atoms. The normalized spacial score (nSPS) is 19.1. The summed E-state index contributed by atoms with van der Waals surface area (Å²) < 4.78 is 19.2. The van der Waals surface area contributed by atoms with Crippen molar-refractivity contribution < 1.29 is 19.0 Å². The van der Waals surface area contributed by atoms with Crippen LogP contribution >= 0.6 is 0 Å². The van der Waals surface area contributed by atoms with Crippen molar-refractivity contribution in [3.63, 3.8) is 0 Å². The molecule has 4 nitrogen and oxygen atoms in total. The Hall–Kier alpha value is -2.28. The Morgan fingerprint density at radius 1 is 0.824 bits per heavy atom. The number of hydrogen-bond acceptors (Lipinski definition) is 4. The molecule has 0 spiro atoms. The third kappa shape index (κ3) is 5.67. The second kappa shape index (κ2) is 11.0. The van der Waals surface area contributed by atoms with Gasteiger partial charge in [0.1, 0.15) is 6.10 Å². The van der Waals surface area contributed by atoms with Gasteiger partial charge in [-0.3, -0.25) is 0 Å². The van der Waals surface area contributed by atoms with Gasteiger partial charge in [0.2, 0.25) is 0 Å². The van der Waals surface area contributed by atoms with Crippen molar-refractivity contribution in [1.82, 2.24) is 0 Å². The lowest BCUT2D eigenvalue weighted by Crippen LogP contribution is -2.68. The largest absolute Gasteiger partial charge is 0.402 e. The predicted octanol–water partition coefficient (Wildman–Crippen LogP) is 4.30. The Labute approximate surface area is 204 Å². The van der Waals surface area contributed by atoms with E-state index in [-0.39, 0.29) is 30.0 Å². The van der Waals surface area contributed by atoms with Crippen LogP contribution in [0.3, 0.4) is 0 Å². The topological polar surface area (TPSA) is 51.2 Å². The van der Waals surface area contributed by atoms with Crippen LogP contribution in [-0.4, -0.2) is 44.9 Å². The maximum atomic E-state index is 9.54. The minimum atomic E-state index is -2.71. The van der Waals surface area contributed by atoms with Crippen molar-refractivity contribution in [3.05, 3.63) is 96.6 Å². The molecule has 0 aromatic heterocycles. The maximum absolute atomic E-state index is 9.54. The molecule has 0 aliphatic carbocycles. The van der Waals surface area contributed by atoms with Crippen LogP contribution < -0.4 is 10.4 Å². The third-order valence-electron chi connectivity index (χ3n) is 6.54. The van der Waals surface area contributed by atoms with Gasteiger partial charge in [-0.15, -0.1) is 0 Å². The lowest BCUT2D eigenvalue weighted by Gasteiger charge is -2.45. The standard InChI is InChI=1S/C29H36O4Si/c1-29(2,3)34(25-15-9-5-10-16-25,26-17-11-6-12-18-26)33-24(19-27-28(20-30)32-27)22-31-21-23-13-7-4-8-14-23/h4-18,24,27-28,30H,19-22H2,1-3H3/t24-,27+,28+/m0/s1. The quantitative estimate of drug-likeness (QED) is 0.331. The Kier molecular flexibility index (Phi) is 8.01. The van der Waals surface area contributed by atoms with Crippen molar-refractivity contribution >= 4 is 18.7 Å². The monoisotopic (exact) mass is 476 g/mol. The molecule has 0 bridgehead atoms. The highest BCUT2D eigenvalue weighted by atomic mass is 28.4. The van der Waals surface area contributed by atoms with E-state index < -0.39 is 8.32 Å². The van der Waals surface area contributed by atoms with Crippen molar-refractivity contribution in [2.24, 2.45) is 0 Å². The summed E-state index contributed by atoms with van der Waals surface area (Å²) in [5.41, 5.74) is 1.14. The fraction of sp³-hybridized carbons (Fsp3) is 0.379. The molecule has 1 aliphatic heterocycles. The van der Waals surface area contributed by atoms with Gasteiger partial charge in [-0.2, -0.15) is 0 Å². The molecule has 0 amide bonds. The van der Waals surface area contributed by atoms with Gasteiger partial charge in [-0.1, -0.05) is 112 Å². The first-order valence-electron chi connectivity index (χ1n) is 12.1. The van der Waals surface area contributed by atoms with Crippen LogP contribution in [0.25, 0.3) is 0 Å². The highest BCUT2D eigenvalue weighted by molar-refractivity contribution is 6.99. The van der Waals surface area contributed by atoms with Crippen LogP contribution in [0.5, 0.6) is 0 Å². The summed E-state index contributed by atoms with van der Waals surface area (Å²) in [5.74, 6) is 0. The van der Waals surface area contributed by atoms with Crippen LogP contribution in [0.4, 0.5) is 0 Å². The average molecular weight is 477 g/mol. The first kappa shape index (κ1) is 24.8. The second-order valence-corrected chi connectivity index (χ2v) is 14.3. The molecule has 0 saturated carbocycles. The fourth-order valence-electron chi connectivity index (χ4n) is 4.78. The van der Waals surface area contributed by atoms with E-state index in [4.69, 9.17) is 13.9 Å². The van der Waals surface area contributed by atoms with Crippen LogP contribution in [0.1, 0.15) is 32.8 Å². The lowest BCUT2D eigenvalue weighted by atomic mass is 10.1. The van der Waals surface area contributed by atoms with E-state index in [0.29, 0.717) is 19.6 Å². The Balaban J connectivity index is 1.66. The molecular weight excluding hydrogens is 440 g/mol. The second-order valence-electron chi connectivity index (χ2n) is 10.0. The zero-order chi connectivity index (χ0) is 24.0. The van der Waals surface area contributed by atoms with E-state index >= 15 is 0 Å². The van der Waals surface area contributed by atoms with Crippen LogP contribution in [0.15, 0.2) is 91.0 Å². The molecule has 3 aromatic rings.